The number of phenolic OH excluding ortho intramolecular Hbond substituents is 1. The van der Waals surface area contributed by atoms with E-state index >= 15 is 0 Å². The number of anilines is 2. The lowest BCUT2D eigenvalue weighted by atomic mass is 10.1. The van der Waals surface area contributed by atoms with Gasteiger partial charge in [0.1, 0.15) is 5.75 Å². The molecular formula is C13H16N2O2. The number of phenols is 1. The number of nitrogens with zero attached hydrogens (tertiary/aromatic N) is 1. The molecule has 1 heterocycles. The zero-order chi connectivity index (χ0) is 11.8. The first kappa shape index (κ1) is 10.4. The van der Waals surface area contributed by atoms with Crippen molar-refractivity contribution in [2.75, 3.05) is 16.8 Å². The zero-order valence-corrected chi connectivity index (χ0v) is 9.65. The van der Waals surface area contributed by atoms with Gasteiger partial charge in [-0.15, -0.1) is 0 Å². The summed E-state index contributed by atoms with van der Waals surface area (Å²) in [5.74, 6) is 0.368. The SMILES string of the molecule is O=C1CNc2cc(O)ccc2N1C1CCCC1. The molecule has 1 aliphatic heterocycles. The molecule has 0 spiro atoms. The van der Waals surface area contributed by atoms with Crippen LogP contribution in [0.3, 0.4) is 0 Å². The molecule has 2 N–H and O–H groups in total. The predicted molar refractivity (Wildman–Crippen MR) is 66.3 cm³/mol. The van der Waals surface area contributed by atoms with Crippen molar-refractivity contribution in [2.24, 2.45) is 0 Å². The van der Waals surface area contributed by atoms with Crippen LogP contribution in [0.15, 0.2) is 18.2 Å². The summed E-state index contributed by atoms with van der Waals surface area (Å²) in [5.41, 5.74) is 1.77. The van der Waals surface area contributed by atoms with E-state index in [9.17, 15) is 9.90 Å². The second kappa shape index (κ2) is 3.95. The molecule has 0 aromatic heterocycles. The second-order valence-corrected chi connectivity index (χ2v) is 4.76. The van der Waals surface area contributed by atoms with Crippen molar-refractivity contribution in [3.8, 4) is 5.75 Å². The van der Waals surface area contributed by atoms with E-state index in [1.54, 1.807) is 12.1 Å². The molecule has 2 aliphatic rings. The number of rotatable bonds is 1. The van der Waals surface area contributed by atoms with E-state index in [2.05, 4.69) is 5.32 Å². The molecule has 1 aliphatic carbocycles. The van der Waals surface area contributed by atoms with Crippen LogP contribution in [0.25, 0.3) is 0 Å². The molecule has 1 saturated carbocycles. The Bertz CT molecular complexity index is 453. The fourth-order valence-electron chi connectivity index (χ4n) is 2.83. The number of nitrogens with one attached hydrogen (secondary N) is 1. The smallest absolute Gasteiger partial charge is 0.246 e. The van der Waals surface area contributed by atoms with Crippen LogP contribution < -0.4 is 10.2 Å². The molecule has 0 radical (unpaired) electrons. The highest BCUT2D eigenvalue weighted by Gasteiger charge is 2.32. The summed E-state index contributed by atoms with van der Waals surface area (Å²) in [7, 11) is 0. The Balaban J connectivity index is 2.00. The molecule has 1 fully saturated rings. The van der Waals surface area contributed by atoms with Crippen molar-refractivity contribution in [3.05, 3.63) is 18.2 Å². The van der Waals surface area contributed by atoms with Gasteiger partial charge in [0.2, 0.25) is 5.91 Å². The maximum atomic E-state index is 12.0. The monoisotopic (exact) mass is 232 g/mol. The largest absolute Gasteiger partial charge is 0.508 e. The Morgan fingerprint density at radius 2 is 2.06 bits per heavy atom. The van der Waals surface area contributed by atoms with Crippen LogP contribution in [-0.2, 0) is 4.79 Å². The van der Waals surface area contributed by atoms with E-state index in [4.69, 9.17) is 0 Å². The van der Waals surface area contributed by atoms with Gasteiger partial charge in [-0.25, -0.2) is 0 Å². The molecule has 4 nitrogen and oxygen atoms in total. The molecule has 0 atom stereocenters. The van der Waals surface area contributed by atoms with Gasteiger partial charge in [-0.1, -0.05) is 12.8 Å². The number of aromatic hydroxyl groups is 1. The van der Waals surface area contributed by atoms with Crippen LogP contribution >= 0.6 is 0 Å². The summed E-state index contributed by atoms with van der Waals surface area (Å²) in [6, 6.07) is 5.49. The first-order valence-corrected chi connectivity index (χ1v) is 6.14. The van der Waals surface area contributed by atoms with Crippen LogP contribution in [0.5, 0.6) is 5.75 Å². The molecule has 0 unspecified atom stereocenters. The molecule has 1 amide bonds. The number of carbonyl (C=O) groups excluding carboxylic acids is 1. The number of amides is 1. The highest BCUT2D eigenvalue weighted by molar-refractivity contribution is 6.03. The average molecular weight is 232 g/mol. The van der Waals surface area contributed by atoms with Gasteiger partial charge in [0, 0.05) is 12.1 Å². The fraction of sp³-hybridized carbons (Fsp3) is 0.462. The highest BCUT2D eigenvalue weighted by atomic mass is 16.3. The topological polar surface area (TPSA) is 52.6 Å². The van der Waals surface area contributed by atoms with Crippen LogP contribution in [0.2, 0.25) is 0 Å². The van der Waals surface area contributed by atoms with Gasteiger partial charge in [0.15, 0.2) is 0 Å². The Hall–Kier alpha value is -1.71. The quantitative estimate of drug-likeness (QED) is 0.779. The first-order chi connectivity index (χ1) is 8.25. The Morgan fingerprint density at radius 3 is 2.82 bits per heavy atom. The Labute approximate surface area is 100 Å². The average Bonchev–Trinajstić information content (AvgIpc) is 2.82. The molecule has 1 aromatic rings. The third-order valence-corrected chi connectivity index (χ3v) is 3.63. The van der Waals surface area contributed by atoms with Gasteiger partial charge in [-0.2, -0.15) is 0 Å². The van der Waals surface area contributed by atoms with Gasteiger partial charge in [-0.3, -0.25) is 4.79 Å². The van der Waals surface area contributed by atoms with Crippen molar-refractivity contribution in [3.63, 3.8) is 0 Å². The van der Waals surface area contributed by atoms with Crippen molar-refractivity contribution in [1.29, 1.82) is 0 Å². The van der Waals surface area contributed by atoms with Crippen molar-refractivity contribution < 1.29 is 9.90 Å². The minimum Gasteiger partial charge on any atom is -0.508 e. The maximum Gasteiger partial charge on any atom is 0.246 e. The minimum absolute atomic E-state index is 0.134. The van der Waals surface area contributed by atoms with Gasteiger partial charge in [0.25, 0.3) is 0 Å². The number of fused-ring (bicyclic) bond motifs is 1. The third-order valence-electron chi connectivity index (χ3n) is 3.63. The van der Waals surface area contributed by atoms with E-state index in [0.717, 1.165) is 24.2 Å². The summed E-state index contributed by atoms with van der Waals surface area (Å²) in [6.45, 7) is 0.326. The summed E-state index contributed by atoms with van der Waals surface area (Å²) in [4.78, 5) is 13.9. The lowest BCUT2D eigenvalue weighted by Crippen LogP contribution is -2.45. The maximum absolute atomic E-state index is 12.0. The van der Waals surface area contributed by atoms with E-state index in [0.29, 0.717) is 12.6 Å². The normalized spacial score (nSPS) is 20.2. The summed E-state index contributed by atoms with van der Waals surface area (Å²) in [6.07, 6.45) is 4.59. The zero-order valence-electron chi connectivity index (χ0n) is 9.65. The lowest BCUT2D eigenvalue weighted by Gasteiger charge is -2.34. The van der Waals surface area contributed by atoms with Crippen LogP contribution in [0.4, 0.5) is 11.4 Å². The number of benzene rings is 1. The van der Waals surface area contributed by atoms with Gasteiger partial charge in [-0.05, 0) is 25.0 Å². The Morgan fingerprint density at radius 1 is 1.29 bits per heavy atom. The lowest BCUT2D eigenvalue weighted by molar-refractivity contribution is -0.117. The first-order valence-electron chi connectivity index (χ1n) is 6.14. The predicted octanol–water partition coefficient (Wildman–Crippen LogP) is 2.09. The van der Waals surface area contributed by atoms with Gasteiger partial charge >= 0.3 is 0 Å². The summed E-state index contributed by atoms with van der Waals surface area (Å²) < 4.78 is 0. The fourth-order valence-corrected chi connectivity index (χ4v) is 2.83. The number of hydrogen-bond acceptors (Lipinski definition) is 3. The molecule has 0 bridgehead atoms. The van der Waals surface area contributed by atoms with E-state index in [1.165, 1.54) is 12.8 Å². The molecule has 4 heteroatoms. The third kappa shape index (κ3) is 1.73. The number of carbonyl (C=O) groups is 1. The van der Waals surface area contributed by atoms with Crippen LogP contribution in [-0.4, -0.2) is 23.6 Å². The summed E-state index contributed by atoms with van der Waals surface area (Å²) >= 11 is 0. The summed E-state index contributed by atoms with van der Waals surface area (Å²) in [5, 5.41) is 12.5. The van der Waals surface area contributed by atoms with Gasteiger partial charge < -0.3 is 15.3 Å². The van der Waals surface area contributed by atoms with Crippen LogP contribution in [0.1, 0.15) is 25.7 Å². The van der Waals surface area contributed by atoms with Crippen molar-refractivity contribution in [2.45, 2.75) is 31.7 Å². The molecule has 17 heavy (non-hydrogen) atoms. The number of hydrogen-bond donors (Lipinski definition) is 2. The van der Waals surface area contributed by atoms with Crippen molar-refractivity contribution >= 4 is 17.3 Å². The highest BCUT2D eigenvalue weighted by Crippen LogP contribution is 2.37. The molecule has 90 valence electrons. The standard InChI is InChI=1S/C13H16N2O2/c16-10-5-6-12-11(7-10)14-8-13(17)15(12)9-3-1-2-4-9/h5-7,9,14,16H,1-4,8H2. The van der Waals surface area contributed by atoms with E-state index in [1.807, 2.05) is 11.0 Å². The second-order valence-electron chi connectivity index (χ2n) is 4.76. The Kier molecular flexibility index (Phi) is 2.42. The van der Waals surface area contributed by atoms with Crippen molar-refractivity contribution in [1.82, 2.24) is 0 Å². The molecule has 0 saturated heterocycles. The molecule has 3 rings (SSSR count). The molecule has 1 aromatic carbocycles. The van der Waals surface area contributed by atoms with E-state index < -0.39 is 0 Å². The molecular weight excluding hydrogens is 216 g/mol. The van der Waals surface area contributed by atoms with Gasteiger partial charge in [0.05, 0.1) is 17.9 Å². The van der Waals surface area contributed by atoms with Crippen LogP contribution in [0, 0.1) is 0 Å². The van der Waals surface area contributed by atoms with E-state index in [-0.39, 0.29) is 11.7 Å². The minimum atomic E-state index is 0.134.